The van der Waals surface area contributed by atoms with Gasteiger partial charge in [-0.05, 0) is 42.3 Å². The molecule has 2 aromatic rings. The van der Waals surface area contributed by atoms with Crippen molar-refractivity contribution in [3.63, 3.8) is 0 Å². The lowest BCUT2D eigenvalue weighted by Gasteiger charge is -2.16. The van der Waals surface area contributed by atoms with Crippen molar-refractivity contribution in [3.8, 4) is 28.4 Å². The predicted octanol–water partition coefficient (Wildman–Crippen LogP) is 3.15. The molecule has 0 aliphatic heterocycles. The van der Waals surface area contributed by atoms with Gasteiger partial charge in [0, 0.05) is 12.1 Å². The number of rotatable bonds is 5. The molecule has 4 heteroatoms. The van der Waals surface area contributed by atoms with Crippen LogP contribution in [0.5, 0.6) is 17.2 Å². The maximum atomic E-state index is 5.90. The highest BCUT2D eigenvalue weighted by atomic mass is 16.5. The molecule has 2 rings (SSSR count). The molecule has 0 aliphatic carbocycles. The highest BCUT2D eigenvalue weighted by Gasteiger charge is 2.15. The second-order valence-electron chi connectivity index (χ2n) is 4.77. The number of hydrogen-bond acceptors (Lipinski definition) is 4. The van der Waals surface area contributed by atoms with Crippen LogP contribution in [0.2, 0.25) is 0 Å². The van der Waals surface area contributed by atoms with E-state index in [-0.39, 0.29) is 0 Å². The fourth-order valence-corrected chi connectivity index (χ4v) is 2.37. The van der Waals surface area contributed by atoms with Crippen LogP contribution in [-0.2, 0) is 6.54 Å². The van der Waals surface area contributed by atoms with Crippen molar-refractivity contribution >= 4 is 0 Å². The molecule has 112 valence electrons. The van der Waals surface area contributed by atoms with E-state index in [0.717, 1.165) is 28.0 Å². The number of benzene rings is 2. The van der Waals surface area contributed by atoms with E-state index in [2.05, 4.69) is 6.07 Å². The average Bonchev–Trinajstić information content (AvgIpc) is 2.53. The Kier molecular flexibility index (Phi) is 4.70. The molecule has 2 aromatic carbocycles. The summed E-state index contributed by atoms with van der Waals surface area (Å²) in [6.45, 7) is 2.46. The van der Waals surface area contributed by atoms with Crippen LogP contribution in [0, 0.1) is 6.92 Å². The molecule has 0 unspecified atom stereocenters. The van der Waals surface area contributed by atoms with E-state index >= 15 is 0 Å². The lowest BCUT2D eigenvalue weighted by molar-refractivity contribution is 0.354. The molecule has 0 atom stereocenters. The molecule has 0 amide bonds. The van der Waals surface area contributed by atoms with Crippen LogP contribution in [0.1, 0.15) is 11.1 Å². The van der Waals surface area contributed by atoms with Gasteiger partial charge < -0.3 is 19.9 Å². The van der Waals surface area contributed by atoms with Gasteiger partial charge in [-0.25, -0.2) is 0 Å². The van der Waals surface area contributed by atoms with E-state index in [0.29, 0.717) is 18.0 Å². The summed E-state index contributed by atoms with van der Waals surface area (Å²) in [6.07, 6.45) is 0. The van der Waals surface area contributed by atoms with E-state index in [1.54, 1.807) is 21.3 Å². The molecule has 2 N–H and O–H groups in total. The Labute approximate surface area is 125 Å². The number of nitrogens with two attached hydrogens (primary N) is 1. The summed E-state index contributed by atoms with van der Waals surface area (Å²) in [5, 5.41) is 0. The summed E-state index contributed by atoms with van der Waals surface area (Å²) in [5.74, 6) is 2.16. The molecule has 0 aromatic heterocycles. The Balaban J connectivity index is 2.70. The minimum atomic E-state index is 0.410. The molecule has 0 radical (unpaired) electrons. The molecule has 0 fully saturated rings. The molecule has 4 nitrogen and oxygen atoms in total. The van der Waals surface area contributed by atoms with Crippen LogP contribution >= 0.6 is 0 Å². The van der Waals surface area contributed by atoms with Crippen molar-refractivity contribution in [2.45, 2.75) is 13.5 Å². The second-order valence-corrected chi connectivity index (χ2v) is 4.77. The van der Waals surface area contributed by atoms with Crippen molar-refractivity contribution in [1.82, 2.24) is 0 Å². The minimum absolute atomic E-state index is 0.410. The molecule has 0 saturated carbocycles. The lowest BCUT2D eigenvalue weighted by atomic mass is 9.96. The van der Waals surface area contributed by atoms with E-state index in [1.807, 2.05) is 31.2 Å². The first kappa shape index (κ1) is 15.2. The number of aryl methyl sites for hydroxylation is 1. The monoisotopic (exact) mass is 287 g/mol. The Morgan fingerprint density at radius 2 is 1.43 bits per heavy atom. The molecule has 21 heavy (non-hydrogen) atoms. The van der Waals surface area contributed by atoms with Gasteiger partial charge in [-0.15, -0.1) is 0 Å². The second kappa shape index (κ2) is 6.50. The average molecular weight is 287 g/mol. The Morgan fingerprint density at radius 1 is 0.810 bits per heavy atom. The van der Waals surface area contributed by atoms with Gasteiger partial charge in [0.2, 0.25) is 0 Å². The third-order valence-electron chi connectivity index (χ3n) is 3.47. The summed E-state index contributed by atoms with van der Waals surface area (Å²) in [6, 6.07) is 9.92. The normalized spacial score (nSPS) is 10.3. The smallest absolute Gasteiger partial charge is 0.161 e. The highest BCUT2D eigenvalue weighted by Crippen LogP contribution is 2.39. The maximum Gasteiger partial charge on any atom is 0.161 e. The van der Waals surface area contributed by atoms with E-state index in [4.69, 9.17) is 19.9 Å². The van der Waals surface area contributed by atoms with E-state index in [9.17, 15) is 0 Å². The Hall–Kier alpha value is -2.20. The molecule has 0 bridgehead atoms. The van der Waals surface area contributed by atoms with Crippen molar-refractivity contribution < 1.29 is 14.2 Å². The molecular formula is C17H21NO3. The van der Waals surface area contributed by atoms with Crippen LogP contribution in [0.15, 0.2) is 30.3 Å². The first-order valence-electron chi connectivity index (χ1n) is 6.74. The molecule has 0 saturated heterocycles. The largest absolute Gasteiger partial charge is 0.496 e. The zero-order chi connectivity index (χ0) is 15.4. The van der Waals surface area contributed by atoms with Gasteiger partial charge in [-0.1, -0.05) is 11.6 Å². The summed E-state index contributed by atoms with van der Waals surface area (Å²) in [5.41, 5.74) is 10.0. The third kappa shape index (κ3) is 2.95. The van der Waals surface area contributed by atoms with E-state index < -0.39 is 0 Å². The zero-order valence-electron chi connectivity index (χ0n) is 12.9. The van der Waals surface area contributed by atoms with Gasteiger partial charge in [0.1, 0.15) is 5.75 Å². The Bertz CT molecular complexity index is 638. The quantitative estimate of drug-likeness (QED) is 0.918. The summed E-state index contributed by atoms with van der Waals surface area (Å²) in [7, 11) is 4.90. The Morgan fingerprint density at radius 3 is 2.00 bits per heavy atom. The lowest BCUT2D eigenvalue weighted by Crippen LogP contribution is -2.02. The fraction of sp³-hybridized carbons (Fsp3) is 0.294. The predicted molar refractivity (Wildman–Crippen MR) is 84.2 cm³/mol. The van der Waals surface area contributed by atoms with Gasteiger partial charge >= 0.3 is 0 Å². The number of methoxy groups -OCH3 is 3. The molecule has 0 spiro atoms. The van der Waals surface area contributed by atoms with Crippen molar-refractivity contribution in [3.05, 3.63) is 41.5 Å². The van der Waals surface area contributed by atoms with Crippen LogP contribution in [0.4, 0.5) is 0 Å². The summed E-state index contributed by atoms with van der Waals surface area (Å²) in [4.78, 5) is 0. The van der Waals surface area contributed by atoms with Gasteiger partial charge in [0.05, 0.1) is 21.3 Å². The fourth-order valence-electron chi connectivity index (χ4n) is 2.37. The zero-order valence-corrected chi connectivity index (χ0v) is 12.9. The summed E-state index contributed by atoms with van der Waals surface area (Å²) < 4.78 is 16.2. The maximum absolute atomic E-state index is 5.90. The SMILES string of the molecule is COc1cc(CN)c(-c2cc(C)ccc2OC)cc1OC. The van der Waals surface area contributed by atoms with Gasteiger partial charge in [0.15, 0.2) is 11.5 Å². The first-order chi connectivity index (χ1) is 10.1. The summed E-state index contributed by atoms with van der Waals surface area (Å²) >= 11 is 0. The molecular weight excluding hydrogens is 266 g/mol. The van der Waals surface area contributed by atoms with Gasteiger partial charge in [-0.2, -0.15) is 0 Å². The van der Waals surface area contributed by atoms with Crippen LogP contribution in [0.3, 0.4) is 0 Å². The number of hydrogen-bond donors (Lipinski definition) is 1. The highest BCUT2D eigenvalue weighted by molar-refractivity contribution is 5.76. The van der Waals surface area contributed by atoms with Crippen molar-refractivity contribution in [2.75, 3.05) is 21.3 Å². The molecule has 0 aliphatic rings. The van der Waals surface area contributed by atoms with Crippen molar-refractivity contribution in [1.29, 1.82) is 0 Å². The standard InChI is InChI=1S/C17H21NO3/c1-11-5-6-15(19-2)14(7-11)13-9-17(21-4)16(20-3)8-12(13)10-18/h5-9H,10,18H2,1-4H3. The number of ether oxygens (including phenoxy) is 3. The van der Waals surface area contributed by atoms with Crippen molar-refractivity contribution in [2.24, 2.45) is 5.73 Å². The van der Waals surface area contributed by atoms with Gasteiger partial charge in [-0.3, -0.25) is 0 Å². The van der Waals surface area contributed by atoms with E-state index in [1.165, 1.54) is 0 Å². The topological polar surface area (TPSA) is 53.7 Å². The molecule has 0 heterocycles. The minimum Gasteiger partial charge on any atom is -0.496 e. The van der Waals surface area contributed by atoms with Crippen LogP contribution in [0.25, 0.3) is 11.1 Å². The van der Waals surface area contributed by atoms with Gasteiger partial charge in [0.25, 0.3) is 0 Å². The first-order valence-corrected chi connectivity index (χ1v) is 6.74. The van der Waals surface area contributed by atoms with Crippen LogP contribution in [-0.4, -0.2) is 21.3 Å². The third-order valence-corrected chi connectivity index (χ3v) is 3.47. The van der Waals surface area contributed by atoms with Crippen LogP contribution < -0.4 is 19.9 Å².